The third-order valence-electron chi connectivity index (χ3n) is 2.87. The fourth-order valence-corrected chi connectivity index (χ4v) is 1.79. The number of amides is 1. The van der Waals surface area contributed by atoms with E-state index in [1.807, 2.05) is 0 Å². The van der Waals surface area contributed by atoms with Gasteiger partial charge in [0, 0.05) is 23.8 Å². The summed E-state index contributed by atoms with van der Waals surface area (Å²) in [5.41, 5.74) is 5.75. The number of carbonyl (C=O) groups excluding carboxylic acids is 2. The molecule has 21 heavy (non-hydrogen) atoms. The van der Waals surface area contributed by atoms with Gasteiger partial charge in [0.2, 0.25) is 12.3 Å². The molecule has 0 bridgehead atoms. The van der Waals surface area contributed by atoms with Gasteiger partial charge in [-0.05, 0) is 18.2 Å². The lowest BCUT2D eigenvalue weighted by atomic mass is 10.1. The van der Waals surface area contributed by atoms with E-state index in [-0.39, 0.29) is 18.0 Å². The normalized spacial score (nSPS) is 10.1. The predicted molar refractivity (Wildman–Crippen MR) is 72.6 cm³/mol. The van der Waals surface area contributed by atoms with Gasteiger partial charge in [-0.2, -0.15) is 4.57 Å². The molecule has 0 aliphatic carbocycles. The summed E-state index contributed by atoms with van der Waals surface area (Å²) in [6, 6.07) is 8.52. The second-order valence-electron chi connectivity index (χ2n) is 4.36. The van der Waals surface area contributed by atoms with E-state index in [2.05, 4.69) is 0 Å². The zero-order chi connectivity index (χ0) is 15.4. The van der Waals surface area contributed by atoms with Crippen LogP contribution in [-0.4, -0.2) is 16.6 Å². The standard InChI is InChI=1S/C14H11N3O4/c15-14(19)11-2-1-7-16(8-11)9-13(18)10-3-5-12(6-4-10)17(20)21/h1-8H,9H2,(H-,15,19)/p+1. The molecule has 0 atom stereocenters. The number of Topliss-reactive ketones (excluding diaryl/α,β-unsaturated/α-hetero) is 1. The Morgan fingerprint density at radius 2 is 1.81 bits per heavy atom. The van der Waals surface area contributed by atoms with Gasteiger partial charge in [-0.3, -0.25) is 19.7 Å². The van der Waals surface area contributed by atoms with Crippen LogP contribution in [0.1, 0.15) is 20.7 Å². The third kappa shape index (κ3) is 3.47. The van der Waals surface area contributed by atoms with Crippen molar-refractivity contribution in [3.8, 4) is 0 Å². The number of nitrogens with two attached hydrogens (primary N) is 1. The molecule has 2 aromatic rings. The fraction of sp³-hybridized carbons (Fsp3) is 0.0714. The number of aromatic nitrogens is 1. The Morgan fingerprint density at radius 1 is 1.14 bits per heavy atom. The predicted octanol–water partition coefficient (Wildman–Crippen LogP) is 0.864. The van der Waals surface area contributed by atoms with Gasteiger partial charge >= 0.3 is 0 Å². The zero-order valence-corrected chi connectivity index (χ0v) is 10.9. The molecule has 106 valence electrons. The molecule has 0 radical (unpaired) electrons. The van der Waals surface area contributed by atoms with E-state index >= 15 is 0 Å². The zero-order valence-electron chi connectivity index (χ0n) is 10.9. The van der Waals surface area contributed by atoms with Crippen LogP contribution in [-0.2, 0) is 6.54 Å². The van der Waals surface area contributed by atoms with Crippen LogP contribution in [0.5, 0.6) is 0 Å². The number of ketones is 1. The molecule has 1 amide bonds. The van der Waals surface area contributed by atoms with Crippen molar-refractivity contribution in [2.45, 2.75) is 6.54 Å². The van der Waals surface area contributed by atoms with Gasteiger partial charge in [-0.25, -0.2) is 0 Å². The first kappa shape index (κ1) is 14.3. The van der Waals surface area contributed by atoms with E-state index in [0.717, 1.165) is 0 Å². The Bertz CT molecular complexity index is 710. The number of benzene rings is 1. The van der Waals surface area contributed by atoms with Gasteiger partial charge in [-0.1, -0.05) is 0 Å². The summed E-state index contributed by atoms with van der Waals surface area (Å²) in [4.78, 5) is 33.2. The van der Waals surface area contributed by atoms with E-state index in [4.69, 9.17) is 5.73 Å². The van der Waals surface area contributed by atoms with Crippen molar-refractivity contribution in [3.05, 3.63) is 70.0 Å². The number of carbonyl (C=O) groups is 2. The molecule has 1 aromatic heterocycles. The van der Waals surface area contributed by atoms with Crippen molar-refractivity contribution in [1.29, 1.82) is 0 Å². The van der Waals surface area contributed by atoms with E-state index in [1.54, 1.807) is 18.3 Å². The molecule has 2 N–H and O–H groups in total. The molecule has 0 aliphatic rings. The maximum absolute atomic E-state index is 12.1. The van der Waals surface area contributed by atoms with Gasteiger partial charge in [0.15, 0.2) is 12.4 Å². The first-order valence-corrected chi connectivity index (χ1v) is 6.04. The van der Waals surface area contributed by atoms with Crippen LogP contribution in [0.2, 0.25) is 0 Å². The highest BCUT2D eigenvalue weighted by atomic mass is 16.6. The minimum absolute atomic E-state index is 0.0128. The summed E-state index contributed by atoms with van der Waals surface area (Å²) >= 11 is 0. The van der Waals surface area contributed by atoms with Crippen molar-refractivity contribution >= 4 is 17.4 Å². The number of nitro groups is 1. The third-order valence-corrected chi connectivity index (χ3v) is 2.87. The minimum atomic E-state index is -0.577. The van der Waals surface area contributed by atoms with Gasteiger partial charge in [0.1, 0.15) is 5.56 Å². The molecule has 0 saturated carbocycles. The van der Waals surface area contributed by atoms with E-state index in [0.29, 0.717) is 11.1 Å². The average Bonchev–Trinajstić information content (AvgIpc) is 2.47. The topological polar surface area (TPSA) is 107 Å². The van der Waals surface area contributed by atoms with Crippen molar-refractivity contribution < 1.29 is 19.1 Å². The first-order valence-electron chi connectivity index (χ1n) is 6.04. The van der Waals surface area contributed by atoms with Crippen LogP contribution >= 0.6 is 0 Å². The number of pyridine rings is 1. The maximum Gasteiger partial charge on any atom is 0.269 e. The van der Waals surface area contributed by atoms with Crippen LogP contribution in [0, 0.1) is 10.1 Å². The summed E-state index contributed by atoms with van der Waals surface area (Å²) in [6.07, 6.45) is 3.11. The van der Waals surface area contributed by atoms with Crippen LogP contribution in [0.25, 0.3) is 0 Å². The second kappa shape index (κ2) is 5.91. The number of primary amides is 1. The second-order valence-corrected chi connectivity index (χ2v) is 4.36. The van der Waals surface area contributed by atoms with Crippen molar-refractivity contribution in [2.24, 2.45) is 5.73 Å². The van der Waals surface area contributed by atoms with Crippen LogP contribution < -0.4 is 10.3 Å². The van der Waals surface area contributed by atoms with Crippen molar-refractivity contribution in [2.75, 3.05) is 0 Å². The molecule has 0 fully saturated rings. The molecule has 7 nitrogen and oxygen atoms in total. The number of non-ortho nitro benzene ring substituents is 1. The van der Waals surface area contributed by atoms with Gasteiger partial charge in [0.25, 0.3) is 11.6 Å². The number of rotatable bonds is 5. The molecular formula is C14H12N3O4+. The van der Waals surface area contributed by atoms with Crippen molar-refractivity contribution in [1.82, 2.24) is 0 Å². The molecule has 0 spiro atoms. The van der Waals surface area contributed by atoms with E-state index < -0.39 is 10.8 Å². The molecule has 1 aromatic carbocycles. The minimum Gasteiger partial charge on any atom is -0.365 e. The van der Waals surface area contributed by atoms with Gasteiger partial charge in [-0.15, -0.1) is 0 Å². The lowest BCUT2D eigenvalue weighted by Gasteiger charge is -1.99. The Labute approximate surface area is 119 Å². The van der Waals surface area contributed by atoms with Crippen LogP contribution in [0.3, 0.4) is 0 Å². The average molecular weight is 286 g/mol. The summed E-state index contributed by atoms with van der Waals surface area (Å²) < 4.78 is 1.53. The summed E-state index contributed by atoms with van der Waals surface area (Å²) in [7, 11) is 0. The fourth-order valence-electron chi connectivity index (χ4n) is 1.79. The first-order chi connectivity index (χ1) is 9.97. The van der Waals surface area contributed by atoms with E-state index in [9.17, 15) is 19.7 Å². The Hall–Kier alpha value is -3.09. The molecule has 7 heteroatoms. The SMILES string of the molecule is NC(=O)c1ccc[n+](CC(=O)c2ccc([N+](=O)[O-])cc2)c1. The van der Waals surface area contributed by atoms with E-state index in [1.165, 1.54) is 35.0 Å². The van der Waals surface area contributed by atoms with Crippen LogP contribution in [0.4, 0.5) is 5.69 Å². The monoisotopic (exact) mass is 286 g/mol. The van der Waals surface area contributed by atoms with Gasteiger partial charge in [0.05, 0.1) is 4.92 Å². The van der Waals surface area contributed by atoms with Crippen molar-refractivity contribution in [3.63, 3.8) is 0 Å². The molecule has 0 unspecified atom stereocenters. The number of nitrogens with zero attached hydrogens (tertiary/aromatic N) is 2. The number of nitro benzene ring substituents is 1. The number of hydrogen-bond donors (Lipinski definition) is 1. The summed E-state index contributed by atoms with van der Waals surface area (Å²) in [5, 5.41) is 10.5. The molecule has 1 heterocycles. The Balaban J connectivity index is 2.16. The lowest BCUT2D eigenvalue weighted by Crippen LogP contribution is -2.38. The highest BCUT2D eigenvalue weighted by Crippen LogP contribution is 2.12. The maximum atomic E-state index is 12.1. The Morgan fingerprint density at radius 3 is 2.38 bits per heavy atom. The molecule has 0 saturated heterocycles. The largest absolute Gasteiger partial charge is 0.365 e. The number of hydrogen-bond acceptors (Lipinski definition) is 4. The molecular weight excluding hydrogens is 274 g/mol. The van der Waals surface area contributed by atoms with Crippen LogP contribution in [0.15, 0.2) is 48.8 Å². The highest BCUT2D eigenvalue weighted by Gasteiger charge is 2.15. The smallest absolute Gasteiger partial charge is 0.269 e. The summed E-state index contributed by atoms with van der Waals surface area (Å²) in [6.45, 7) is 0.0128. The quantitative estimate of drug-likeness (QED) is 0.380. The van der Waals surface area contributed by atoms with Gasteiger partial charge < -0.3 is 5.73 Å². The molecule has 0 aliphatic heterocycles. The summed E-state index contributed by atoms with van der Waals surface area (Å²) in [5.74, 6) is -0.802. The highest BCUT2D eigenvalue weighted by molar-refractivity contribution is 5.95. The Kier molecular flexibility index (Phi) is 4.03. The lowest BCUT2D eigenvalue weighted by molar-refractivity contribution is -0.683. The molecule has 2 rings (SSSR count).